The molecule has 0 spiro atoms. The molecule has 1 aliphatic carbocycles. The summed E-state index contributed by atoms with van der Waals surface area (Å²) < 4.78 is 54.1. The predicted octanol–water partition coefficient (Wildman–Crippen LogP) is 5.65. The van der Waals surface area contributed by atoms with Gasteiger partial charge in [-0.05, 0) is 75.1 Å². The highest BCUT2D eigenvalue weighted by Crippen LogP contribution is 2.55. The van der Waals surface area contributed by atoms with E-state index in [1.807, 2.05) is 0 Å². The molecule has 2 unspecified atom stereocenters. The maximum atomic E-state index is 16.7. The fraction of sp³-hybridized carbons (Fsp3) is 0.500. The Morgan fingerprint density at radius 1 is 1.04 bits per heavy atom. The molecule has 4 aliphatic heterocycles. The van der Waals surface area contributed by atoms with Gasteiger partial charge in [-0.15, -0.1) is 0 Å². The lowest BCUT2D eigenvalue weighted by Gasteiger charge is -2.35. The van der Waals surface area contributed by atoms with Gasteiger partial charge in [0.1, 0.15) is 40.9 Å². The van der Waals surface area contributed by atoms with Crippen LogP contribution in [0.1, 0.15) is 51.4 Å². The minimum atomic E-state index is -1.19. The Morgan fingerprint density at radius 3 is 2.73 bits per heavy atom. The molecule has 9 rings (SSSR count). The van der Waals surface area contributed by atoms with Gasteiger partial charge < -0.3 is 20.1 Å². The number of benzene rings is 2. The summed E-state index contributed by atoms with van der Waals surface area (Å²) in [4.78, 5) is 18.4. The van der Waals surface area contributed by atoms with E-state index in [0.29, 0.717) is 54.6 Å². The third-order valence-electron chi connectivity index (χ3n) is 11.1. The number of nitrogens with one attached hydrogen (secondary N) is 1. The molecule has 5 fully saturated rings. The van der Waals surface area contributed by atoms with Crippen LogP contribution in [0.5, 0.6) is 11.8 Å². The molecule has 6 heterocycles. The Bertz CT molecular complexity index is 1850. The van der Waals surface area contributed by atoms with Gasteiger partial charge in [-0.25, -0.2) is 13.2 Å². The molecule has 2 bridgehead atoms. The molecule has 234 valence electrons. The van der Waals surface area contributed by atoms with Gasteiger partial charge in [0.2, 0.25) is 0 Å². The van der Waals surface area contributed by atoms with E-state index < -0.39 is 22.8 Å². The Hall–Kier alpha value is -3.70. The van der Waals surface area contributed by atoms with Gasteiger partial charge >= 0.3 is 6.01 Å². The largest absolute Gasteiger partial charge is 0.508 e. The SMILES string of the molecule is Oc1cc(-c2ncc3c(N4CC5CCC(C4)N5)nc(OC[C@]45CCCN4[C@@H]4CCC[C@]4(F)C5)nc3c2F)c2c(F)cccc2c1. The monoisotopic (exact) mass is 616 g/mol. The number of phenols is 1. The van der Waals surface area contributed by atoms with Crippen LogP contribution in [0.15, 0.2) is 36.5 Å². The normalized spacial score (nSPS) is 30.8. The summed E-state index contributed by atoms with van der Waals surface area (Å²) in [5, 5.41) is 15.1. The molecule has 45 heavy (non-hydrogen) atoms. The van der Waals surface area contributed by atoms with E-state index in [0.717, 1.165) is 45.1 Å². The second-order valence-electron chi connectivity index (χ2n) is 13.8. The number of alkyl halides is 1. The van der Waals surface area contributed by atoms with Crippen LogP contribution in [-0.2, 0) is 0 Å². The van der Waals surface area contributed by atoms with Crippen molar-refractivity contribution in [1.29, 1.82) is 0 Å². The van der Waals surface area contributed by atoms with Crippen LogP contribution in [0.4, 0.5) is 19.0 Å². The van der Waals surface area contributed by atoms with Crippen molar-refractivity contribution in [2.45, 2.75) is 80.7 Å². The number of ether oxygens (including phenoxy) is 1. The highest BCUT2D eigenvalue weighted by molar-refractivity contribution is 6.00. The molecule has 0 radical (unpaired) electrons. The lowest BCUT2D eigenvalue weighted by atomic mass is 9.88. The van der Waals surface area contributed by atoms with Crippen LogP contribution in [0, 0.1) is 11.6 Å². The van der Waals surface area contributed by atoms with Gasteiger partial charge in [0.25, 0.3) is 0 Å². The van der Waals surface area contributed by atoms with E-state index in [4.69, 9.17) is 9.72 Å². The zero-order valence-corrected chi connectivity index (χ0v) is 24.9. The maximum Gasteiger partial charge on any atom is 0.319 e. The fourth-order valence-corrected chi connectivity index (χ4v) is 9.28. The molecule has 5 atom stereocenters. The first kappa shape index (κ1) is 27.6. The Labute approximate surface area is 258 Å². The first-order chi connectivity index (χ1) is 21.8. The lowest BCUT2D eigenvalue weighted by Crippen LogP contribution is -2.51. The Kier molecular flexibility index (Phi) is 6.07. The number of rotatable bonds is 5. The predicted molar refractivity (Wildman–Crippen MR) is 164 cm³/mol. The second kappa shape index (κ2) is 9.90. The number of piperazine rings is 1. The van der Waals surface area contributed by atoms with Gasteiger partial charge in [-0.3, -0.25) is 9.88 Å². The molecule has 8 nitrogen and oxygen atoms in total. The molecule has 1 saturated carbocycles. The van der Waals surface area contributed by atoms with E-state index in [2.05, 4.69) is 25.1 Å². The van der Waals surface area contributed by atoms with Crippen LogP contribution < -0.4 is 15.0 Å². The number of pyridine rings is 1. The maximum absolute atomic E-state index is 16.7. The van der Waals surface area contributed by atoms with Gasteiger partial charge in [-0.1, -0.05) is 12.1 Å². The van der Waals surface area contributed by atoms with Crippen LogP contribution >= 0.6 is 0 Å². The quantitative estimate of drug-likeness (QED) is 0.298. The Balaban J connectivity index is 1.15. The number of nitrogens with zero attached hydrogens (tertiary/aromatic N) is 5. The van der Waals surface area contributed by atoms with Crippen LogP contribution in [0.25, 0.3) is 32.9 Å². The number of phenolic OH excluding ortho intramolecular Hbond substituents is 1. The standard InChI is InChI=1S/C34H35F3N6O2/c35-25-5-1-4-19-12-22(44)13-23(27(19)25)29-28(36)30-24(14-38-29)31(42-15-20-7-8-21(16-42)39-20)41-32(40-30)45-18-33-9-3-11-43(33)26-6-2-10-34(26,37)17-33/h1,4-5,12-14,20-21,26,39,44H,2-3,6-11,15-18H2/t20?,21?,26-,33-,34+/m1/s1. The van der Waals surface area contributed by atoms with Crippen LogP contribution in [0.2, 0.25) is 0 Å². The average molecular weight is 617 g/mol. The molecule has 2 N–H and O–H groups in total. The zero-order chi connectivity index (χ0) is 30.5. The van der Waals surface area contributed by atoms with Crippen molar-refractivity contribution in [1.82, 2.24) is 25.2 Å². The first-order valence-corrected chi connectivity index (χ1v) is 16.2. The van der Waals surface area contributed by atoms with Gasteiger partial charge in [-0.2, -0.15) is 9.97 Å². The molecule has 0 amide bonds. The molecule has 4 saturated heterocycles. The third-order valence-corrected chi connectivity index (χ3v) is 11.1. The smallest absolute Gasteiger partial charge is 0.319 e. The number of halogens is 3. The number of aromatic nitrogens is 3. The molecular formula is C34H35F3N6O2. The molecule has 11 heteroatoms. The topological polar surface area (TPSA) is 86.6 Å². The van der Waals surface area contributed by atoms with Crippen molar-refractivity contribution >= 4 is 27.5 Å². The fourth-order valence-electron chi connectivity index (χ4n) is 9.28. The summed E-state index contributed by atoms with van der Waals surface area (Å²) in [5.74, 6) is -0.863. The molecular weight excluding hydrogens is 581 g/mol. The molecule has 2 aromatic heterocycles. The van der Waals surface area contributed by atoms with Crippen LogP contribution in [0.3, 0.4) is 0 Å². The zero-order valence-electron chi connectivity index (χ0n) is 24.9. The van der Waals surface area contributed by atoms with Gasteiger partial charge in [0.15, 0.2) is 5.82 Å². The van der Waals surface area contributed by atoms with E-state index in [9.17, 15) is 5.11 Å². The highest BCUT2D eigenvalue weighted by atomic mass is 19.1. The summed E-state index contributed by atoms with van der Waals surface area (Å²) >= 11 is 0. The summed E-state index contributed by atoms with van der Waals surface area (Å²) in [6.45, 7) is 2.50. The molecule has 2 aromatic carbocycles. The third kappa shape index (κ3) is 4.22. The summed E-state index contributed by atoms with van der Waals surface area (Å²) in [6.07, 6.45) is 8.29. The minimum Gasteiger partial charge on any atom is -0.508 e. The van der Waals surface area contributed by atoms with E-state index >= 15 is 13.2 Å². The molecule has 4 aromatic rings. The second-order valence-corrected chi connectivity index (χ2v) is 13.8. The summed E-state index contributed by atoms with van der Waals surface area (Å²) in [7, 11) is 0. The summed E-state index contributed by atoms with van der Waals surface area (Å²) in [5.41, 5.74) is -1.58. The minimum absolute atomic E-state index is 0.0183. The summed E-state index contributed by atoms with van der Waals surface area (Å²) in [6, 6.07) is 7.86. The Morgan fingerprint density at radius 2 is 1.89 bits per heavy atom. The number of aromatic hydroxyl groups is 1. The van der Waals surface area contributed by atoms with E-state index in [1.54, 1.807) is 12.1 Å². The van der Waals surface area contributed by atoms with Gasteiger partial charge in [0, 0.05) is 54.8 Å². The molecule has 5 aliphatic rings. The van der Waals surface area contributed by atoms with Crippen molar-refractivity contribution in [3.05, 3.63) is 48.2 Å². The van der Waals surface area contributed by atoms with Crippen molar-refractivity contribution in [3.63, 3.8) is 0 Å². The number of hydrogen-bond acceptors (Lipinski definition) is 8. The van der Waals surface area contributed by atoms with E-state index in [-0.39, 0.29) is 46.6 Å². The van der Waals surface area contributed by atoms with Crippen molar-refractivity contribution < 1.29 is 23.0 Å². The van der Waals surface area contributed by atoms with Crippen molar-refractivity contribution in [3.8, 4) is 23.0 Å². The number of hydrogen-bond donors (Lipinski definition) is 2. The van der Waals surface area contributed by atoms with E-state index in [1.165, 1.54) is 24.4 Å². The van der Waals surface area contributed by atoms with Gasteiger partial charge in [0.05, 0.1) is 10.9 Å². The average Bonchev–Trinajstić information content (AvgIpc) is 3.74. The first-order valence-electron chi connectivity index (χ1n) is 16.2. The highest BCUT2D eigenvalue weighted by Gasteiger charge is 2.63. The number of anilines is 1. The van der Waals surface area contributed by atoms with Crippen molar-refractivity contribution in [2.24, 2.45) is 0 Å². The number of fused-ring (bicyclic) bond motifs is 7. The lowest BCUT2D eigenvalue weighted by molar-refractivity contribution is 0.0811. The van der Waals surface area contributed by atoms with Crippen molar-refractivity contribution in [2.75, 3.05) is 31.1 Å². The van der Waals surface area contributed by atoms with Crippen LogP contribution in [-0.4, -0.2) is 80.5 Å².